The lowest BCUT2D eigenvalue weighted by atomic mass is 10.2. The molecular weight excluding hydrogens is 441 g/mol. The van der Waals surface area contributed by atoms with E-state index in [9.17, 15) is 0 Å². The summed E-state index contributed by atoms with van der Waals surface area (Å²) in [4.78, 5) is 4.04. The molecule has 0 fully saturated rings. The molecule has 0 atom stereocenters. The van der Waals surface area contributed by atoms with Crippen molar-refractivity contribution < 1.29 is 4.74 Å². The lowest BCUT2D eigenvalue weighted by molar-refractivity contribution is 0.306. The van der Waals surface area contributed by atoms with Crippen LogP contribution in [-0.2, 0) is 13.2 Å². The van der Waals surface area contributed by atoms with Crippen LogP contribution < -0.4 is 10.2 Å². The van der Waals surface area contributed by atoms with Gasteiger partial charge in [0.15, 0.2) is 5.82 Å². The van der Waals surface area contributed by atoms with E-state index in [4.69, 9.17) is 40.2 Å². The lowest BCUT2D eigenvalue weighted by Gasteiger charge is -2.12. The zero-order valence-corrected chi connectivity index (χ0v) is 18.0. The SMILES string of the molecule is S=c1[nH]nc(-c2ccncc2)n1NCc1cccc(OCc2c(Cl)cccc2Cl)c1. The van der Waals surface area contributed by atoms with Crippen molar-refractivity contribution in [3.05, 3.63) is 92.9 Å². The Kier molecular flexibility index (Phi) is 6.32. The highest BCUT2D eigenvalue weighted by Crippen LogP contribution is 2.26. The molecule has 2 heterocycles. The Bertz CT molecular complexity index is 1190. The molecule has 0 aliphatic rings. The highest BCUT2D eigenvalue weighted by molar-refractivity contribution is 7.71. The number of nitrogens with one attached hydrogen (secondary N) is 2. The van der Waals surface area contributed by atoms with Crippen molar-refractivity contribution in [1.82, 2.24) is 19.9 Å². The van der Waals surface area contributed by atoms with Gasteiger partial charge in [-0.25, -0.2) is 9.77 Å². The number of ether oxygens (including phenoxy) is 1. The third-order valence-electron chi connectivity index (χ3n) is 4.40. The van der Waals surface area contributed by atoms with E-state index in [-0.39, 0.29) is 6.61 Å². The predicted molar refractivity (Wildman–Crippen MR) is 121 cm³/mol. The molecule has 0 unspecified atom stereocenters. The summed E-state index contributed by atoms with van der Waals surface area (Å²) in [6.07, 6.45) is 3.42. The quantitative estimate of drug-likeness (QED) is 0.351. The van der Waals surface area contributed by atoms with Crippen LogP contribution >= 0.6 is 35.4 Å². The Morgan fingerprint density at radius 1 is 1.03 bits per heavy atom. The molecule has 9 heteroatoms. The fourth-order valence-corrected chi connectivity index (χ4v) is 3.58. The van der Waals surface area contributed by atoms with Gasteiger partial charge in [-0.2, -0.15) is 5.10 Å². The summed E-state index contributed by atoms with van der Waals surface area (Å²) in [6.45, 7) is 0.810. The molecule has 0 spiro atoms. The van der Waals surface area contributed by atoms with E-state index in [1.807, 2.05) is 42.5 Å². The third-order valence-corrected chi connectivity index (χ3v) is 5.38. The second kappa shape index (κ2) is 9.30. The van der Waals surface area contributed by atoms with E-state index in [1.165, 1.54) is 0 Å². The molecule has 152 valence electrons. The minimum Gasteiger partial charge on any atom is -0.489 e. The van der Waals surface area contributed by atoms with Crippen LogP contribution in [0.3, 0.4) is 0 Å². The Hall–Kier alpha value is -2.87. The monoisotopic (exact) mass is 457 g/mol. The smallest absolute Gasteiger partial charge is 0.214 e. The largest absolute Gasteiger partial charge is 0.489 e. The molecule has 4 rings (SSSR count). The summed E-state index contributed by atoms with van der Waals surface area (Å²) < 4.78 is 8.11. The van der Waals surface area contributed by atoms with Crippen molar-refractivity contribution >= 4 is 35.4 Å². The van der Waals surface area contributed by atoms with E-state index >= 15 is 0 Å². The molecule has 0 radical (unpaired) electrons. The van der Waals surface area contributed by atoms with E-state index in [0.29, 0.717) is 27.2 Å². The maximum atomic E-state index is 6.21. The van der Waals surface area contributed by atoms with Gasteiger partial charge >= 0.3 is 0 Å². The highest BCUT2D eigenvalue weighted by atomic mass is 35.5. The maximum absolute atomic E-state index is 6.21. The van der Waals surface area contributed by atoms with Gasteiger partial charge in [0, 0.05) is 33.6 Å². The van der Waals surface area contributed by atoms with E-state index < -0.39 is 0 Å². The summed E-state index contributed by atoms with van der Waals surface area (Å²) in [5.41, 5.74) is 5.97. The Morgan fingerprint density at radius 2 is 1.77 bits per heavy atom. The average Bonchev–Trinajstić information content (AvgIpc) is 3.13. The lowest BCUT2D eigenvalue weighted by Crippen LogP contribution is -2.16. The second-order valence-electron chi connectivity index (χ2n) is 6.39. The van der Waals surface area contributed by atoms with Gasteiger partial charge in [-0.1, -0.05) is 41.4 Å². The molecule has 2 aromatic heterocycles. The van der Waals surface area contributed by atoms with Crippen LogP contribution in [-0.4, -0.2) is 19.9 Å². The molecular formula is C21H17Cl2N5OS. The van der Waals surface area contributed by atoms with Crippen molar-refractivity contribution in [2.45, 2.75) is 13.2 Å². The summed E-state index contributed by atoms with van der Waals surface area (Å²) in [7, 11) is 0. The summed E-state index contributed by atoms with van der Waals surface area (Å²) in [5.74, 6) is 1.40. The second-order valence-corrected chi connectivity index (χ2v) is 7.60. The van der Waals surface area contributed by atoms with Crippen LogP contribution in [0.25, 0.3) is 11.4 Å². The van der Waals surface area contributed by atoms with Gasteiger partial charge in [-0.15, -0.1) is 0 Å². The molecule has 4 aromatic rings. The molecule has 0 bridgehead atoms. The number of halogens is 2. The predicted octanol–water partition coefficient (Wildman–Crippen LogP) is 5.63. The number of nitrogens with zero attached hydrogens (tertiary/aromatic N) is 3. The number of hydrogen-bond donors (Lipinski definition) is 2. The first-order valence-electron chi connectivity index (χ1n) is 9.08. The molecule has 0 saturated carbocycles. The number of hydrogen-bond acceptors (Lipinski definition) is 5. The number of H-pyrrole nitrogens is 1. The normalized spacial score (nSPS) is 10.7. The molecule has 0 saturated heterocycles. The van der Waals surface area contributed by atoms with Crippen LogP contribution in [0.15, 0.2) is 67.0 Å². The van der Waals surface area contributed by atoms with Gasteiger partial charge < -0.3 is 10.2 Å². The van der Waals surface area contributed by atoms with E-state index in [1.54, 1.807) is 29.2 Å². The first-order chi connectivity index (χ1) is 14.6. The standard InChI is InChI=1S/C21H17Cl2N5OS/c22-18-5-2-6-19(23)17(18)13-29-16-4-1-3-14(11-16)12-25-28-20(26-27-21(28)30)15-7-9-24-10-8-15/h1-11,25H,12-13H2,(H,27,30). The topological polar surface area (TPSA) is 67.8 Å². The van der Waals surface area contributed by atoms with Gasteiger partial charge in [0.1, 0.15) is 12.4 Å². The van der Waals surface area contributed by atoms with Crippen LogP contribution in [0.5, 0.6) is 5.75 Å². The van der Waals surface area contributed by atoms with Crippen molar-refractivity contribution in [3.8, 4) is 17.1 Å². The Balaban J connectivity index is 1.46. The number of benzene rings is 2. The third kappa shape index (κ3) is 4.64. The fourth-order valence-electron chi connectivity index (χ4n) is 2.88. The number of aromatic amines is 1. The molecule has 2 aromatic carbocycles. The van der Waals surface area contributed by atoms with E-state index in [2.05, 4.69) is 20.6 Å². The fraction of sp³-hybridized carbons (Fsp3) is 0.0952. The summed E-state index contributed by atoms with van der Waals surface area (Å²) in [5, 5.41) is 8.28. The van der Waals surface area contributed by atoms with Crippen molar-refractivity contribution in [1.29, 1.82) is 0 Å². The van der Waals surface area contributed by atoms with Crippen LogP contribution in [0.4, 0.5) is 0 Å². The number of pyridine rings is 1. The number of rotatable bonds is 7. The minimum atomic E-state index is 0.286. The molecule has 0 amide bonds. The molecule has 0 aliphatic carbocycles. The Labute approximate surface area is 188 Å². The first-order valence-corrected chi connectivity index (χ1v) is 10.2. The maximum Gasteiger partial charge on any atom is 0.214 e. The molecule has 30 heavy (non-hydrogen) atoms. The van der Waals surface area contributed by atoms with Crippen LogP contribution in [0.1, 0.15) is 11.1 Å². The van der Waals surface area contributed by atoms with Crippen LogP contribution in [0.2, 0.25) is 10.0 Å². The first kappa shape index (κ1) is 20.4. The van der Waals surface area contributed by atoms with Gasteiger partial charge in [0.05, 0.1) is 6.54 Å². The molecule has 6 nitrogen and oxygen atoms in total. The van der Waals surface area contributed by atoms with Crippen molar-refractivity contribution in [3.63, 3.8) is 0 Å². The minimum absolute atomic E-state index is 0.286. The summed E-state index contributed by atoms with van der Waals surface area (Å²) >= 11 is 17.8. The van der Waals surface area contributed by atoms with Gasteiger partial charge in [-0.05, 0) is 54.2 Å². The van der Waals surface area contributed by atoms with Gasteiger partial charge in [0.2, 0.25) is 4.77 Å². The average molecular weight is 458 g/mol. The number of aromatic nitrogens is 4. The van der Waals surface area contributed by atoms with Crippen LogP contribution in [0, 0.1) is 4.77 Å². The van der Waals surface area contributed by atoms with E-state index in [0.717, 1.165) is 22.4 Å². The Morgan fingerprint density at radius 3 is 2.53 bits per heavy atom. The zero-order chi connectivity index (χ0) is 20.9. The zero-order valence-electron chi connectivity index (χ0n) is 15.7. The summed E-state index contributed by atoms with van der Waals surface area (Å²) in [6, 6.07) is 16.9. The van der Waals surface area contributed by atoms with Crippen molar-refractivity contribution in [2.75, 3.05) is 5.43 Å². The van der Waals surface area contributed by atoms with Gasteiger partial charge in [0.25, 0.3) is 0 Å². The molecule has 0 aliphatic heterocycles. The molecule has 2 N–H and O–H groups in total. The highest BCUT2D eigenvalue weighted by Gasteiger charge is 2.09. The van der Waals surface area contributed by atoms with Gasteiger partial charge in [-0.3, -0.25) is 4.98 Å². The van der Waals surface area contributed by atoms with Crippen molar-refractivity contribution in [2.24, 2.45) is 0 Å².